The van der Waals surface area contributed by atoms with E-state index in [4.69, 9.17) is 33.0 Å². The Kier molecular flexibility index (Phi) is 5.05. The number of hydrogen-bond acceptors (Lipinski definition) is 3. The number of rotatable bonds is 5. The number of halogens is 2. The molecule has 0 spiro atoms. The molecule has 17 heavy (non-hydrogen) atoms. The molecule has 0 amide bonds. The topological polar surface area (TPSA) is 58.6 Å². The molecule has 0 saturated heterocycles. The van der Waals surface area contributed by atoms with Crippen LogP contribution >= 0.6 is 23.2 Å². The van der Waals surface area contributed by atoms with E-state index in [1.54, 1.807) is 19.1 Å². The zero-order chi connectivity index (χ0) is 13.0. The minimum atomic E-state index is -0.919. The Balaban J connectivity index is 2.86. The second-order valence-corrected chi connectivity index (χ2v) is 4.36. The minimum absolute atomic E-state index is 0.316. The Labute approximate surface area is 109 Å². The number of benzene rings is 1. The van der Waals surface area contributed by atoms with E-state index in [9.17, 15) is 4.79 Å². The summed E-state index contributed by atoms with van der Waals surface area (Å²) in [5.41, 5.74) is 0.720. The zero-order valence-electron chi connectivity index (χ0n) is 9.46. The third kappa shape index (κ3) is 3.77. The van der Waals surface area contributed by atoms with Crippen molar-refractivity contribution >= 4 is 29.2 Å². The van der Waals surface area contributed by atoms with Gasteiger partial charge in [0, 0.05) is 17.1 Å². The van der Waals surface area contributed by atoms with Crippen LogP contribution in [0.15, 0.2) is 12.1 Å². The molecule has 0 saturated carbocycles. The molecule has 0 unspecified atom stereocenters. The maximum absolute atomic E-state index is 10.7. The van der Waals surface area contributed by atoms with Gasteiger partial charge in [0.05, 0.1) is 12.1 Å². The number of carboxylic acids is 1. The van der Waals surface area contributed by atoms with Gasteiger partial charge in [-0.2, -0.15) is 0 Å². The highest BCUT2D eigenvalue weighted by atomic mass is 35.5. The van der Waals surface area contributed by atoms with Crippen LogP contribution in [0.3, 0.4) is 0 Å². The predicted octanol–water partition coefficient (Wildman–Crippen LogP) is 2.56. The Morgan fingerprint density at radius 3 is 2.71 bits per heavy atom. The molecule has 0 bridgehead atoms. The van der Waals surface area contributed by atoms with Crippen molar-refractivity contribution in [1.82, 2.24) is 5.32 Å². The molecule has 0 aliphatic carbocycles. The van der Waals surface area contributed by atoms with E-state index in [-0.39, 0.29) is 0 Å². The SMILES string of the molecule is COc1c(Cl)cc(Cl)cc1CN[C@@H](C)C(=O)O. The van der Waals surface area contributed by atoms with Gasteiger partial charge < -0.3 is 15.2 Å². The van der Waals surface area contributed by atoms with Gasteiger partial charge in [-0.25, -0.2) is 0 Å². The Morgan fingerprint density at radius 1 is 1.53 bits per heavy atom. The minimum Gasteiger partial charge on any atom is -0.495 e. The fourth-order valence-corrected chi connectivity index (χ4v) is 1.94. The molecule has 0 aromatic heterocycles. The molecule has 0 aliphatic heterocycles. The van der Waals surface area contributed by atoms with Crippen LogP contribution in [-0.2, 0) is 11.3 Å². The van der Waals surface area contributed by atoms with Crippen molar-refractivity contribution in [2.75, 3.05) is 7.11 Å². The van der Waals surface area contributed by atoms with Crippen molar-refractivity contribution < 1.29 is 14.6 Å². The van der Waals surface area contributed by atoms with Gasteiger partial charge in [-0.1, -0.05) is 23.2 Å². The molecule has 1 rings (SSSR count). The number of carbonyl (C=O) groups is 1. The molecule has 0 aliphatic rings. The summed E-state index contributed by atoms with van der Waals surface area (Å²) in [5, 5.41) is 12.5. The van der Waals surface area contributed by atoms with Crippen LogP contribution in [-0.4, -0.2) is 24.2 Å². The molecular weight excluding hydrogens is 265 g/mol. The van der Waals surface area contributed by atoms with E-state index in [2.05, 4.69) is 5.32 Å². The summed E-state index contributed by atoms with van der Waals surface area (Å²) in [7, 11) is 1.50. The van der Waals surface area contributed by atoms with Gasteiger partial charge in [0.2, 0.25) is 0 Å². The molecular formula is C11H13Cl2NO3. The molecule has 2 N–H and O–H groups in total. The molecule has 4 nitrogen and oxygen atoms in total. The first kappa shape index (κ1) is 14.1. The summed E-state index contributed by atoms with van der Waals surface area (Å²) in [5.74, 6) is -0.418. The lowest BCUT2D eigenvalue weighted by Gasteiger charge is -2.13. The standard InChI is InChI=1S/C11H13Cl2NO3/c1-6(11(15)16)14-5-7-3-8(12)4-9(13)10(7)17-2/h3-4,6,14H,5H2,1-2H3,(H,15,16)/t6-/m0/s1. The second-order valence-electron chi connectivity index (χ2n) is 3.52. The Bertz CT molecular complexity index is 423. The maximum atomic E-state index is 10.7. The molecule has 1 atom stereocenters. The van der Waals surface area contributed by atoms with Crippen molar-refractivity contribution in [3.8, 4) is 5.75 Å². The summed E-state index contributed by atoms with van der Waals surface area (Å²) < 4.78 is 5.15. The first-order chi connectivity index (χ1) is 7.95. The highest BCUT2D eigenvalue weighted by Crippen LogP contribution is 2.32. The maximum Gasteiger partial charge on any atom is 0.320 e. The average molecular weight is 278 g/mol. The first-order valence-electron chi connectivity index (χ1n) is 4.93. The largest absolute Gasteiger partial charge is 0.495 e. The van der Waals surface area contributed by atoms with Crippen molar-refractivity contribution in [3.05, 3.63) is 27.7 Å². The highest BCUT2D eigenvalue weighted by molar-refractivity contribution is 6.35. The van der Waals surface area contributed by atoms with Crippen molar-refractivity contribution in [3.63, 3.8) is 0 Å². The second kappa shape index (κ2) is 6.10. The fraction of sp³-hybridized carbons (Fsp3) is 0.364. The Hall–Kier alpha value is -0.970. The smallest absolute Gasteiger partial charge is 0.320 e. The first-order valence-corrected chi connectivity index (χ1v) is 5.69. The average Bonchev–Trinajstić information content (AvgIpc) is 2.24. The van der Waals surface area contributed by atoms with E-state index >= 15 is 0 Å². The van der Waals surface area contributed by atoms with Gasteiger partial charge in [0.15, 0.2) is 0 Å². The van der Waals surface area contributed by atoms with Crippen LogP contribution in [0.25, 0.3) is 0 Å². The molecule has 94 valence electrons. The van der Waals surface area contributed by atoms with Crippen LogP contribution in [0, 0.1) is 0 Å². The molecule has 0 fully saturated rings. The fourth-order valence-electron chi connectivity index (χ4n) is 1.32. The molecule has 0 radical (unpaired) electrons. The summed E-state index contributed by atoms with van der Waals surface area (Å²) in [6.07, 6.45) is 0. The van der Waals surface area contributed by atoms with Gasteiger partial charge in [0.25, 0.3) is 0 Å². The number of methoxy groups -OCH3 is 1. The van der Waals surface area contributed by atoms with Gasteiger partial charge >= 0.3 is 5.97 Å². The van der Waals surface area contributed by atoms with Crippen molar-refractivity contribution in [1.29, 1.82) is 0 Å². The lowest BCUT2D eigenvalue weighted by molar-refractivity contribution is -0.139. The summed E-state index contributed by atoms with van der Waals surface area (Å²) >= 11 is 11.8. The van der Waals surface area contributed by atoms with E-state index in [0.29, 0.717) is 22.3 Å². The number of nitrogens with one attached hydrogen (secondary N) is 1. The Morgan fingerprint density at radius 2 is 2.18 bits per heavy atom. The van der Waals surface area contributed by atoms with Gasteiger partial charge in [-0.3, -0.25) is 4.79 Å². The van der Waals surface area contributed by atoms with Gasteiger partial charge in [-0.15, -0.1) is 0 Å². The highest BCUT2D eigenvalue weighted by Gasteiger charge is 2.13. The molecule has 1 aromatic carbocycles. The monoisotopic (exact) mass is 277 g/mol. The van der Waals surface area contributed by atoms with Crippen LogP contribution in [0.4, 0.5) is 0 Å². The summed E-state index contributed by atoms with van der Waals surface area (Å²) in [6.45, 7) is 1.87. The number of ether oxygens (including phenoxy) is 1. The molecule has 6 heteroatoms. The predicted molar refractivity (Wildman–Crippen MR) is 67.0 cm³/mol. The van der Waals surface area contributed by atoms with Gasteiger partial charge in [-0.05, 0) is 19.1 Å². The molecule has 0 heterocycles. The van der Waals surface area contributed by atoms with Gasteiger partial charge in [0.1, 0.15) is 11.8 Å². The summed E-state index contributed by atoms with van der Waals surface area (Å²) in [6, 6.07) is 2.61. The quantitative estimate of drug-likeness (QED) is 0.869. The lowest BCUT2D eigenvalue weighted by atomic mass is 10.2. The van der Waals surface area contributed by atoms with Crippen LogP contribution in [0.1, 0.15) is 12.5 Å². The number of carboxylic acid groups (broad SMARTS) is 1. The number of hydrogen-bond donors (Lipinski definition) is 2. The van der Waals surface area contributed by atoms with E-state index in [1.165, 1.54) is 7.11 Å². The van der Waals surface area contributed by atoms with E-state index < -0.39 is 12.0 Å². The summed E-state index contributed by atoms with van der Waals surface area (Å²) in [4.78, 5) is 10.7. The van der Waals surface area contributed by atoms with E-state index in [0.717, 1.165) is 5.56 Å². The third-order valence-electron chi connectivity index (χ3n) is 2.26. The third-order valence-corrected chi connectivity index (χ3v) is 2.76. The normalized spacial score (nSPS) is 12.2. The lowest BCUT2D eigenvalue weighted by Crippen LogP contribution is -2.33. The molecule has 1 aromatic rings. The van der Waals surface area contributed by atoms with Crippen LogP contribution < -0.4 is 10.1 Å². The zero-order valence-corrected chi connectivity index (χ0v) is 11.0. The van der Waals surface area contributed by atoms with Crippen molar-refractivity contribution in [2.24, 2.45) is 0 Å². The number of aliphatic carboxylic acids is 1. The van der Waals surface area contributed by atoms with Crippen LogP contribution in [0.2, 0.25) is 10.0 Å². The van der Waals surface area contributed by atoms with Crippen molar-refractivity contribution in [2.45, 2.75) is 19.5 Å². The van der Waals surface area contributed by atoms with E-state index in [1.807, 2.05) is 0 Å². The van der Waals surface area contributed by atoms with Crippen LogP contribution in [0.5, 0.6) is 5.75 Å².